The summed E-state index contributed by atoms with van der Waals surface area (Å²) < 4.78 is 2.47. The Kier molecular flexibility index (Phi) is 10.2. The maximum atomic E-state index is 5.07. The van der Waals surface area contributed by atoms with E-state index < -0.39 is 8.07 Å². The molecule has 0 atom stereocenters. The molecule has 0 fully saturated rings. The average Bonchev–Trinajstić information content (AvgIpc) is 3.89. The Morgan fingerprint density at radius 3 is 1.38 bits per heavy atom. The number of para-hydroxylation sites is 1. The van der Waals surface area contributed by atoms with Crippen molar-refractivity contribution >= 4 is 50.6 Å². The largest absolute Gasteiger partial charge is 0.309 e. The summed E-state index contributed by atoms with van der Waals surface area (Å²) in [6.07, 6.45) is 0. The first kappa shape index (κ1) is 42.3. The Bertz CT molecular complexity index is 3830. The molecule has 0 bridgehead atoms. The average molecular weight is 925 g/mol. The van der Waals surface area contributed by atoms with Crippen LogP contribution in [0.4, 0.5) is 0 Å². The molecule has 12 aromatic rings. The van der Waals surface area contributed by atoms with Gasteiger partial charge in [0.05, 0.1) is 11.0 Å². The van der Waals surface area contributed by atoms with Crippen molar-refractivity contribution in [1.82, 2.24) is 19.5 Å². The molecule has 13 rings (SSSR count). The van der Waals surface area contributed by atoms with Gasteiger partial charge in [-0.3, -0.25) is 0 Å². The quantitative estimate of drug-likeness (QED) is 0.107. The minimum Gasteiger partial charge on any atom is -0.309 e. The zero-order valence-electron chi connectivity index (χ0n) is 39.5. The maximum Gasteiger partial charge on any atom is 0.179 e. The summed E-state index contributed by atoms with van der Waals surface area (Å²) in [6.45, 7) is 4.73. The van der Waals surface area contributed by atoms with E-state index in [0.717, 1.165) is 22.4 Å². The van der Waals surface area contributed by atoms with E-state index in [4.69, 9.17) is 15.0 Å². The third-order valence-electron chi connectivity index (χ3n) is 14.8. The molecule has 4 nitrogen and oxygen atoms in total. The third kappa shape index (κ3) is 6.99. The summed E-state index contributed by atoms with van der Waals surface area (Å²) in [5.74, 6) is 1.94. The molecule has 0 N–H and O–H groups in total. The SMILES string of the molecule is CC1(C)c2ccccc2-c2cc3c4ccccc4n(-c4cccc(-c5ccc([Si](c6ccccc6)(c6ccccc6)c6ccc(-c7nc(-c8ccccc8)nc(-c8ccccc8)n7)cc6)cc5)c4)c3cc21. The highest BCUT2D eigenvalue weighted by atomic mass is 28.3. The fraction of sp³-hybridized carbons (Fsp3) is 0.0455. The fourth-order valence-electron chi connectivity index (χ4n) is 11.4. The highest BCUT2D eigenvalue weighted by Gasteiger charge is 2.41. The van der Waals surface area contributed by atoms with Gasteiger partial charge in [-0.15, -0.1) is 0 Å². The number of rotatable bonds is 9. The minimum atomic E-state index is -2.89. The Hall–Kier alpha value is -8.77. The van der Waals surface area contributed by atoms with Crippen LogP contribution in [0, 0.1) is 0 Å². The molecule has 0 saturated heterocycles. The fourth-order valence-corrected chi connectivity index (χ4v) is 16.1. The van der Waals surface area contributed by atoms with E-state index >= 15 is 0 Å². The van der Waals surface area contributed by atoms with Crippen molar-refractivity contribution in [2.75, 3.05) is 0 Å². The Labute approximate surface area is 415 Å². The van der Waals surface area contributed by atoms with Crippen molar-refractivity contribution in [3.05, 3.63) is 266 Å². The van der Waals surface area contributed by atoms with Crippen LogP contribution in [0.25, 0.3) is 83.9 Å². The summed E-state index contributed by atoms with van der Waals surface area (Å²) in [4.78, 5) is 15.1. The van der Waals surface area contributed by atoms with Crippen molar-refractivity contribution in [3.63, 3.8) is 0 Å². The van der Waals surface area contributed by atoms with Gasteiger partial charge in [-0.1, -0.05) is 238 Å². The van der Waals surface area contributed by atoms with Gasteiger partial charge in [-0.2, -0.15) is 0 Å². The zero-order chi connectivity index (χ0) is 47.5. The van der Waals surface area contributed by atoms with Gasteiger partial charge in [0.1, 0.15) is 0 Å². The Morgan fingerprint density at radius 1 is 0.324 bits per heavy atom. The molecular weight excluding hydrogens is 877 g/mol. The lowest BCUT2D eigenvalue weighted by Crippen LogP contribution is -2.74. The van der Waals surface area contributed by atoms with E-state index in [1.807, 2.05) is 36.4 Å². The standard InChI is InChI=1S/C66H48N4Si/c1-66(2)59-32-17-15-30-55(59)57-43-58-56-31-16-18-33-61(56)70(62(58)44-60(57)66)50-25-19-24-49(42-50)45-34-38-53(39-35-45)71(51-26-11-5-12-27-51,52-28-13-6-14-29-52)54-40-36-48(37-41-54)65-68-63(46-20-7-3-8-21-46)67-64(69-65)47-22-9-4-10-23-47/h3-44H,1-2H3. The summed E-state index contributed by atoms with van der Waals surface area (Å²) in [7, 11) is -2.89. The van der Waals surface area contributed by atoms with Crippen LogP contribution in [0.1, 0.15) is 25.0 Å². The minimum absolute atomic E-state index is 0.0989. The van der Waals surface area contributed by atoms with E-state index in [1.165, 1.54) is 75.9 Å². The van der Waals surface area contributed by atoms with Gasteiger partial charge in [0, 0.05) is 38.6 Å². The second kappa shape index (κ2) is 17.0. The van der Waals surface area contributed by atoms with Gasteiger partial charge in [0.25, 0.3) is 0 Å². The molecule has 0 saturated carbocycles. The van der Waals surface area contributed by atoms with E-state index in [0.29, 0.717) is 17.5 Å². The summed E-state index contributed by atoms with van der Waals surface area (Å²) in [6, 6.07) is 92.7. The van der Waals surface area contributed by atoms with Crippen LogP contribution in [0.15, 0.2) is 255 Å². The number of hydrogen-bond donors (Lipinski definition) is 0. The predicted octanol–water partition coefficient (Wildman–Crippen LogP) is 13.3. The third-order valence-corrected chi connectivity index (χ3v) is 19.6. The van der Waals surface area contributed by atoms with Gasteiger partial charge in [0.15, 0.2) is 25.5 Å². The van der Waals surface area contributed by atoms with Crippen LogP contribution in [0.2, 0.25) is 0 Å². The van der Waals surface area contributed by atoms with Crippen molar-refractivity contribution in [1.29, 1.82) is 0 Å². The van der Waals surface area contributed by atoms with Gasteiger partial charge in [-0.25, -0.2) is 15.0 Å². The molecular formula is C66H48N4Si. The van der Waals surface area contributed by atoms with Gasteiger partial charge in [-0.05, 0) is 84.5 Å². The molecule has 1 aliphatic carbocycles. The monoisotopic (exact) mass is 924 g/mol. The molecule has 1 aliphatic rings. The van der Waals surface area contributed by atoms with Crippen molar-refractivity contribution in [2.45, 2.75) is 19.3 Å². The maximum absolute atomic E-state index is 5.07. The van der Waals surface area contributed by atoms with Crippen LogP contribution in [-0.2, 0) is 5.41 Å². The normalized spacial score (nSPS) is 12.8. The molecule has 0 amide bonds. The van der Waals surface area contributed by atoms with Crippen LogP contribution in [0.3, 0.4) is 0 Å². The first-order valence-electron chi connectivity index (χ1n) is 24.4. The van der Waals surface area contributed by atoms with Crippen molar-refractivity contribution in [3.8, 4) is 62.1 Å². The molecule has 5 heteroatoms. The molecule has 10 aromatic carbocycles. The van der Waals surface area contributed by atoms with E-state index in [-0.39, 0.29) is 5.41 Å². The van der Waals surface area contributed by atoms with Crippen LogP contribution in [-0.4, -0.2) is 27.6 Å². The highest BCUT2D eigenvalue weighted by Crippen LogP contribution is 2.51. The molecule has 0 radical (unpaired) electrons. The highest BCUT2D eigenvalue weighted by molar-refractivity contribution is 7.19. The van der Waals surface area contributed by atoms with Gasteiger partial charge < -0.3 is 4.57 Å². The molecule has 0 unspecified atom stereocenters. The van der Waals surface area contributed by atoms with Crippen LogP contribution in [0.5, 0.6) is 0 Å². The lowest BCUT2D eigenvalue weighted by molar-refractivity contribution is 0.661. The molecule has 71 heavy (non-hydrogen) atoms. The molecule has 0 spiro atoms. The summed E-state index contributed by atoms with van der Waals surface area (Å²) in [5, 5.41) is 7.75. The second-order valence-electron chi connectivity index (χ2n) is 19.2. The predicted molar refractivity (Wildman–Crippen MR) is 297 cm³/mol. The lowest BCUT2D eigenvalue weighted by atomic mass is 9.82. The van der Waals surface area contributed by atoms with Gasteiger partial charge >= 0.3 is 0 Å². The second-order valence-corrected chi connectivity index (χ2v) is 23.0. The number of nitrogens with zero attached hydrogens (tertiary/aromatic N) is 4. The number of aromatic nitrogens is 4. The Morgan fingerprint density at radius 2 is 0.789 bits per heavy atom. The number of fused-ring (bicyclic) bond motifs is 6. The zero-order valence-corrected chi connectivity index (χ0v) is 40.5. The van der Waals surface area contributed by atoms with E-state index in [1.54, 1.807) is 0 Å². The molecule has 2 aromatic heterocycles. The first-order chi connectivity index (χ1) is 34.9. The van der Waals surface area contributed by atoms with Gasteiger partial charge in [0.2, 0.25) is 0 Å². The van der Waals surface area contributed by atoms with E-state index in [2.05, 4.69) is 237 Å². The number of benzene rings is 10. The topological polar surface area (TPSA) is 43.6 Å². The van der Waals surface area contributed by atoms with E-state index in [9.17, 15) is 0 Å². The summed E-state index contributed by atoms with van der Waals surface area (Å²) >= 11 is 0. The summed E-state index contributed by atoms with van der Waals surface area (Å²) in [5.41, 5.74) is 14.1. The molecule has 336 valence electrons. The lowest BCUT2D eigenvalue weighted by Gasteiger charge is -2.34. The van der Waals surface area contributed by atoms with Crippen molar-refractivity contribution < 1.29 is 0 Å². The number of hydrogen-bond acceptors (Lipinski definition) is 3. The van der Waals surface area contributed by atoms with Crippen LogP contribution < -0.4 is 20.7 Å². The van der Waals surface area contributed by atoms with Crippen molar-refractivity contribution in [2.24, 2.45) is 0 Å². The van der Waals surface area contributed by atoms with Crippen LogP contribution >= 0.6 is 0 Å². The molecule has 0 aliphatic heterocycles. The molecule has 2 heterocycles. The Balaban J connectivity index is 0.922. The smallest absolute Gasteiger partial charge is 0.179 e. The first-order valence-corrected chi connectivity index (χ1v) is 26.4.